The van der Waals surface area contributed by atoms with Gasteiger partial charge in [0.15, 0.2) is 0 Å². The molecule has 19 heavy (non-hydrogen) atoms. The van der Waals surface area contributed by atoms with E-state index in [9.17, 15) is 14.7 Å². The lowest BCUT2D eigenvalue weighted by molar-refractivity contribution is -0.149. The molecule has 0 aromatic carbocycles. The zero-order chi connectivity index (χ0) is 14.0. The molecule has 2 unspecified atom stereocenters. The van der Waals surface area contributed by atoms with Crippen molar-refractivity contribution in [2.24, 2.45) is 11.8 Å². The summed E-state index contributed by atoms with van der Waals surface area (Å²) in [5.41, 5.74) is 0. The molecule has 6 heteroatoms. The Morgan fingerprint density at radius 1 is 1.42 bits per heavy atom. The fourth-order valence-electron chi connectivity index (χ4n) is 2.34. The molecule has 5 nitrogen and oxygen atoms in total. The molecular formula is C13H22N2O3S. The highest BCUT2D eigenvalue weighted by molar-refractivity contribution is 8.00. The number of carboxylic acid groups (broad SMARTS) is 1. The van der Waals surface area contributed by atoms with E-state index in [1.807, 2.05) is 13.8 Å². The quantitative estimate of drug-likeness (QED) is 0.762. The Hall–Kier alpha value is -0.750. The molecule has 0 bridgehead atoms. The van der Waals surface area contributed by atoms with E-state index >= 15 is 0 Å². The number of hydrogen-bond donors (Lipinski definition) is 2. The van der Waals surface area contributed by atoms with Gasteiger partial charge < -0.3 is 15.3 Å². The zero-order valence-corrected chi connectivity index (χ0v) is 12.3. The number of aliphatic carboxylic acids is 1. The summed E-state index contributed by atoms with van der Waals surface area (Å²) >= 11 is 1.57. The van der Waals surface area contributed by atoms with E-state index in [0.717, 1.165) is 12.5 Å². The minimum absolute atomic E-state index is 0.0173. The Bertz CT molecular complexity index is 358. The molecule has 1 aliphatic heterocycles. The van der Waals surface area contributed by atoms with Gasteiger partial charge in [0.25, 0.3) is 0 Å². The van der Waals surface area contributed by atoms with Gasteiger partial charge in [-0.15, -0.1) is 11.8 Å². The van der Waals surface area contributed by atoms with Gasteiger partial charge in [0, 0.05) is 5.75 Å². The van der Waals surface area contributed by atoms with Crippen molar-refractivity contribution in [3.05, 3.63) is 0 Å². The van der Waals surface area contributed by atoms with Gasteiger partial charge in [0.2, 0.25) is 5.91 Å². The summed E-state index contributed by atoms with van der Waals surface area (Å²) in [6, 6.07) is -0.673. The molecule has 2 N–H and O–H groups in total. The molecule has 1 amide bonds. The number of carbonyl (C=O) groups excluding carboxylic acids is 1. The van der Waals surface area contributed by atoms with Crippen LogP contribution in [0.15, 0.2) is 0 Å². The average molecular weight is 286 g/mol. The van der Waals surface area contributed by atoms with Crippen LogP contribution in [0.4, 0.5) is 0 Å². The van der Waals surface area contributed by atoms with E-state index in [-0.39, 0.29) is 23.7 Å². The summed E-state index contributed by atoms with van der Waals surface area (Å²) in [4.78, 5) is 25.1. The number of nitrogens with one attached hydrogen (secondary N) is 1. The van der Waals surface area contributed by atoms with Crippen molar-refractivity contribution < 1.29 is 14.7 Å². The summed E-state index contributed by atoms with van der Waals surface area (Å²) in [5.74, 6) is 0.494. The number of amides is 1. The lowest BCUT2D eigenvalue weighted by Crippen LogP contribution is -2.50. The van der Waals surface area contributed by atoms with Gasteiger partial charge in [-0.2, -0.15) is 0 Å². The largest absolute Gasteiger partial charge is 0.480 e. The van der Waals surface area contributed by atoms with Crippen LogP contribution in [0.2, 0.25) is 0 Å². The smallest absolute Gasteiger partial charge is 0.327 e. The molecule has 2 aliphatic rings. The number of nitrogens with zero attached hydrogens (tertiary/aromatic N) is 1. The minimum atomic E-state index is -0.897. The van der Waals surface area contributed by atoms with E-state index in [1.165, 1.54) is 12.8 Å². The molecule has 108 valence electrons. The van der Waals surface area contributed by atoms with Crippen LogP contribution in [0.1, 0.15) is 26.7 Å². The predicted octanol–water partition coefficient (Wildman–Crippen LogP) is 0.997. The summed E-state index contributed by atoms with van der Waals surface area (Å²) in [7, 11) is 0. The topological polar surface area (TPSA) is 69.6 Å². The van der Waals surface area contributed by atoms with E-state index in [1.54, 1.807) is 16.7 Å². The normalized spacial score (nSPS) is 27.0. The number of hydrogen-bond acceptors (Lipinski definition) is 4. The van der Waals surface area contributed by atoms with Gasteiger partial charge in [-0.25, -0.2) is 4.79 Å². The van der Waals surface area contributed by atoms with Gasteiger partial charge in [-0.1, -0.05) is 13.8 Å². The standard InChI is InChI=1S/C13H22N2O3S/c1-8(2)12-15(10(7-19-12)13(17)18)11(16)6-14-5-9-3-4-9/h8-10,12,14H,3-7H2,1-2H3,(H,17,18). The molecule has 0 radical (unpaired) electrons. The zero-order valence-electron chi connectivity index (χ0n) is 11.5. The van der Waals surface area contributed by atoms with Crippen LogP contribution in [-0.2, 0) is 9.59 Å². The third-order valence-electron chi connectivity index (χ3n) is 3.58. The van der Waals surface area contributed by atoms with E-state index < -0.39 is 12.0 Å². The molecule has 0 aromatic rings. The second-order valence-corrected chi connectivity index (χ2v) is 6.85. The Balaban J connectivity index is 1.93. The lowest BCUT2D eigenvalue weighted by atomic mass is 10.1. The number of thioether (sulfide) groups is 1. The highest BCUT2D eigenvalue weighted by Crippen LogP contribution is 2.34. The molecule has 1 saturated carbocycles. The van der Waals surface area contributed by atoms with E-state index in [2.05, 4.69) is 5.32 Å². The van der Waals surface area contributed by atoms with Crippen molar-refractivity contribution in [3.8, 4) is 0 Å². The molecular weight excluding hydrogens is 264 g/mol. The molecule has 1 saturated heterocycles. The monoisotopic (exact) mass is 286 g/mol. The van der Waals surface area contributed by atoms with Gasteiger partial charge >= 0.3 is 5.97 Å². The molecule has 0 spiro atoms. The Kier molecular flexibility index (Phi) is 4.73. The van der Waals surface area contributed by atoms with Gasteiger partial charge in [-0.3, -0.25) is 4.79 Å². The molecule has 2 rings (SSSR count). The number of carbonyl (C=O) groups is 2. The first-order valence-corrected chi connectivity index (χ1v) is 7.92. The lowest BCUT2D eigenvalue weighted by Gasteiger charge is -2.29. The summed E-state index contributed by atoms with van der Waals surface area (Å²) in [5, 5.41) is 12.4. The van der Waals surface area contributed by atoms with Crippen LogP contribution in [0.5, 0.6) is 0 Å². The van der Waals surface area contributed by atoms with Crippen molar-refractivity contribution in [3.63, 3.8) is 0 Å². The highest BCUT2D eigenvalue weighted by atomic mass is 32.2. The minimum Gasteiger partial charge on any atom is -0.480 e. The molecule has 0 aromatic heterocycles. The van der Waals surface area contributed by atoms with Crippen LogP contribution in [-0.4, -0.2) is 52.1 Å². The van der Waals surface area contributed by atoms with Crippen LogP contribution in [0.25, 0.3) is 0 Å². The fourth-order valence-corrected chi connectivity index (χ4v) is 3.84. The maximum absolute atomic E-state index is 12.3. The predicted molar refractivity (Wildman–Crippen MR) is 74.9 cm³/mol. The third-order valence-corrected chi connectivity index (χ3v) is 5.21. The second kappa shape index (κ2) is 6.13. The van der Waals surface area contributed by atoms with Gasteiger partial charge in [0.05, 0.1) is 11.9 Å². The first kappa shape index (κ1) is 14.7. The Morgan fingerprint density at radius 3 is 2.63 bits per heavy atom. The molecule has 2 fully saturated rings. The van der Waals surface area contributed by atoms with Crippen LogP contribution in [0.3, 0.4) is 0 Å². The van der Waals surface area contributed by atoms with Gasteiger partial charge in [-0.05, 0) is 31.2 Å². The van der Waals surface area contributed by atoms with Crippen molar-refractivity contribution >= 4 is 23.6 Å². The third kappa shape index (κ3) is 3.63. The number of rotatable bonds is 6. The maximum atomic E-state index is 12.3. The average Bonchev–Trinajstić information content (AvgIpc) is 3.04. The number of carboxylic acids is 1. The first-order chi connectivity index (χ1) is 9.00. The van der Waals surface area contributed by atoms with Crippen molar-refractivity contribution in [2.75, 3.05) is 18.8 Å². The van der Waals surface area contributed by atoms with Crippen molar-refractivity contribution in [1.82, 2.24) is 10.2 Å². The molecule has 1 heterocycles. The molecule has 2 atom stereocenters. The summed E-state index contributed by atoms with van der Waals surface area (Å²) in [6.45, 7) is 5.18. The maximum Gasteiger partial charge on any atom is 0.327 e. The second-order valence-electron chi connectivity index (χ2n) is 5.70. The van der Waals surface area contributed by atoms with E-state index in [0.29, 0.717) is 5.75 Å². The van der Waals surface area contributed by atoms with E-state index in [4.69, 9.17) is 0 Å². The van der Waals surface area contributed by atoms with Crippen molar-refractivity contribution in [1.29, 1.82) is 0 Å². The Morgan fingerprint density at radius 2 is 2.11 bits per heavy atom. The van der Waals surface area contributed by atoms with Crippen LogP contribution >= 0.6 is 11.8 Å². The van der Waals surface area contributed by atoms with Crippen molar-refractivity contribution in [2.45, 2.75) is 38.1 Å². The summed E-state index contributed by atoms with van der Waals surface area (Å²) < 4.78 is 0. The highest BCUT2D eigenvalue weighted by Gasteiger charge is 2.42. The molecule has 1 aliphatic carbocycles. The summed E-state index contributed by atoms with van der Waals surface area (Å²) in [6.07, 6.45) is 2.49. The van der Waals surface area contributed by atoms with Crippen LogP contribution < -0.4 is 5.32 Å². The fraction of sp³-hybridized carbons (Fsp3) is 0.846. The first-order valence-electron chi connectivity index (χ1n) is 6.87. The van der Waals surface area contributed by atoms with Crippen LogP contribution in [0, 0.1) is 11.8 Å². The SMILES string of the molecule is CC(C)C1SCC(C(=O)O)N1C(=O)CNCC1CC1. The Labute approximate surface area is 118 Å². The van der Waals surface area contributed by atoms with Gasteiger partial charge in [0.1, 0.15) is 6.04 Å².